The summed E-state index contributed by atoms with van der Waals surface area (Å²) in [6.07, 6.45) is 1.44. The van der Waals surface area contributed by atoms with Crippen LogP contribution in [-0.4, -0.2) is 54.3 Å². The van der Waals surface area contributed by atoms with Crippen LogP contribution in [0.15, 0.2) is 42.7 Å². The van der Waals surface area contributed by atoms with Gasteiger partial charge in [0.15, 0.2) is 11.6 Å². The van der Waals surface area contributed by atoms with Crippen LogP contribution in [0.4, 0.5) is 26.0 Å². The standard InChI is InChI=1S/C20H21F2N5O/c21-17-3-1-15(12-18(17)22)26-20-16-11-14(2-4-19(16)24-13-25-20)23-5-6-27-7-9-28-10-8-27/h1-4,11-13,23H,5-10H2,(H,24,25,26). The highest BCUT2D eigenvalue weighted by molar-refractivity contribution is 5.92. The van der Waals surface area contributed by atoms with E-state index in [1.54, 1.807) is 0 Å². The fourth-order valence-corrected chi connectivity index (χ4v) is 3.16. The largest absolute Gasteiger partial charge is 0.384 e. The molecular formula is C20H21F2N5O. The third kappa shape index (κ3) is 4.35. The van der Waals surface area contributed by atoms with Crippen molar-refractivity contribution in [2.45, 2.75) is 0 Å². The van der Waals surface area contributed by atoms with Gasteiger partial charge in [-0.2, -0.15) is 0 Å². The van der Waals surface area contributed by atoms with Crippen molar-refractivity contribution < 1.29 is 13.5 Å². The highest BCUT2D eigenvalue weighted by Gasteiger charge is 2.10. The lowest BCUT2D eigenvalue weighted by atomic mass is 10.2. The molecule has 0 amide bonds. The molecule has 0 unspecified atom stereocenters. The van der Waals surface area contributed by atoms with E-state index < -0.39 is 11.6 Å². The van der Waals surface area contributed by atoms with Gasteiger partial charge in [0.2, 0.25) is 0 Å². The lowest BCUT2D eigenvalue weighted by molar-refractivity contribution is 0.0398. The first kappa shape index (κ1) is 18.5. The van der Waals surface area contributed by atoms with Crippen LogP contribution in [-0.2, 0) is 4.74 Å². The van der Waals surface area contributed by atoms with Gasteiger partial charge in [-0.15, -0.1) is 0 Å². The zero-order chi connectivity index (χ0) is 19.3. The molecule has 0 atom stereocenters. The molecule has 1 saturated heterocycles. The van der Waals surface area contributed by atoms with Gasteiger partial charge in [-0.3, -0.25) is 4.90 Å². The predicted molar refractivity (Wildman–Crippen MR) is 105 cm³/mol. The molecule has 6 nitrogen and oxygen atoms in total. The fraction of sp³-hybridized carbons (Fsp3) is 0.300. The number of fused-ring (bicyclic) bond motifs is 1. The molecule has 2 N–H and O–H groups in total. The topological polar surface area (TPSA) is 62.3 Å². The van der Waals surface area contributed by atoms with Gasteiger partial charge in [0, 0.05) is 49.0 Å². The third-order valence-corrected chi connectivity index (χ3v) is 4.68. The predicted octanol–water partition coefficient (Wildman–Crippen LogP) is 3.40. The van der Waals surface area contributed by atoms with Crippen LogP contribution in [0, 0.1) is 11.6 Å². The molecule has 2 aromatic carbocycles. The summed E-state index contributed by atoms with van der Waals surface area (Å²) >= 11 is 0. The number of rotatable bonds is 6. The molecule has 0 radical (unpaired) electrons. The molecule has 1 fully saturated rings. The van der Waals surface area contributed by atoms with Crippen molar-refractivity contribution in [3.05, 3.63) is 54.4 Å². The van der Waals surface area contributed by atoms with E-state index in [0.29, 0.717) is 11.5 Å². The molecule has 8 heteroatoms. The molecule has 3 aromatic rings. The van der Waals surface area contributed by atoms with E-state index >= 15 is 0 Å². The minimum atomic E-state index is -0.908. The van der Waals surface area contributed by atoms with Crippen LogP contribution in [0.25, 0.3) is 10.9 Å². The average Bonchev–Trinajstić information content (AvgIpc) is 2.72. The van der Waals surface area contributed by atoms with Crippen molar-refractivity contribution in [3.8, 4) is 0 Å². The molecule has 1 aliphatic heterocycles. The van der Waals surface area contributed by atoms with Crippen LogP contribution in [0.2, 0.25) is 0 Å². The second-order valence-corrected chi connectivity index (χ2v) is 6.59. The normalized spacial score (nSPS) is 14.9. The van der Waals surface area contributed by atoms with Crippen molar-refractivity contribution in [1.29, 1.82) is 0 Å². The lowest BCUT2D eigenvalue weighted by Gasteiger charge is -2.26. The summed E-state index contributed by atoms with van der Waals surface area (Å²) in [6.45, 7) is 5.22. The summed E-state index contributed by atoms with van der Waals surface area (Å²) in [5.41, 5.74) is 2.13. The lowest BCUT2D eigenvalue weighted by Crippen LogP contribution is -2.38. The zero-order valence-electron chi connectivity index (χ0n) is 15.3. The number of aromatic nitrogens is 2. The van der Waals surface area contributed by atoms with E-state index in [9.17, 15) is 8.78 Å². The molecule has 146 valence electrons. The van der Waals surface area contributed by atoms with Gasteiger partial charge in [0.1, 0.15) is 12.1 Å². The van der Waals surface area contributed by atoms with Crippen molar-refractivity contribution >= 4 is 28.1 Å². The van der Waals surface area contributed by atoms with E-state index in [-0.39, 0.29) is 0 Å². The molecule has 1 aliphatic rings. The number of nitrogens with one attached hydrogen (secondary N) is 2. The monoisotopic (exact) mass is 385 g/mol. The van der Waals surface area contributed by atoms with Gasteiger partial charge >= 0.3 is 0 Å². The van der Waals surface area contributed by atoms with Crippen LogP contribution in [0.1, 0.15) is 0 Å². The first-order valence-electron chi connectivity index (χ1n) is 9.20. The zero-order valence-corrected chi connectivity index (χ0v) is 15.3. The highest BCUT2D eigenvalue weighted by Crippen LogP contribution is 2.26. The second-order valence-electron chi connectivity index (χ2n) is 6.59. The molecule has 0 aliphatic carbocycles. The molecule has 0 saturated carbocycles. The Balaban J connectivity index is 1.49. The Morgan fingerprint density at radius 3 is 2.61 bits per heavy atom. The Kier molecular flexibility index (Phi) is 5.59. The number of benzene rings is 2. The molecule has 0 bridgehead atoms. The van der Waals surface area contributed by atoms with Crippen LogP contribution >= 0.6 is 0 Å². The summed E-state index contributed by atoms with van der Waals surface area (Å²) in [7, 11) is 0. The SMILES string of the molecule is Fc1ccc(Nc2ncnc3ccc(NCCN4CCOCC4)cc23)cc1F. The second kappa shape index (κ2) is 8.45. The van der Waals surface area contributed by atoms with Crippen molar-refractivity contribution in [1.82, 2.24) is 14.9 Å². The number of nitrogens with zero attached hydrogens (tertiary/aromatic N) is 3. The Bertz CT molecular complexity index is 962. The summed E-state index contributed by atoms with van der Waals surface area (Å²) < 4.78 is 32.0. The minimum absolute atomic E-state index is 0.421. The Hall–Kier alpha value is -2.84. The van der Waals surface area contributed by atoms with Gasteiger partial charge in [0.05, 0.1) is 18.7 Å². The number of ether oxygens (including phenoxy) is 1. The van der Waals surface area contributed by atoms with Gasteiger partial charge in [-0.05, 0) is 30.3 Å². The number of halogens is 2. The number of hydrogen-bond donors (Lipinski definition) is 2. The Morgan fingerprint density at radius 2 is 1.79 bits per heavy atom. The van der Waals surface area contributed by atoms with Crippen LogP contribution in [0.5, 0.6) is 0 Å². The number of anilines is 3. The average molecular weight is 385 g/mol. The van der Waals surface area contributed by atoms with Crippen molar-refractivity contribution in [2.75, 3.05) is 50.0 Å². The first-order valence-corrected chi connectivity index (χ1v) is 9.20. The Morgan fingerprint density at radius 1 is 0.964 bits per heavy atom. The first-order chi connectivity index (χ1) is 13.7. The van der Waals surface area contributed by atoms with Crippen LogP contribution in [0.3, 0.4) is 0 Å². The third-order valence-electron chi connectivity index (χ3n) is 4.68. The fourth-order valence-electron chi connectivity index (χ4n) is 3.16. The number of hydrogen-bond acceptors (Lipinski definition) is 6. The summed E-state index contributed by atoms with van der Waals surface area (Å²) in [5, 5.41) is 7.25. The smallest absolute Gasteiger partial charge is 0.160 e. The van der Waals surface area contributed by atoms with Gasteiger partial charge in [-0.1, -0.05) is 0 Å². The maximum atomic E-state index is 13.5. The Labute approximate surface area is 161 Å². The molecule has 1 aromatic heterocycles. The molecule has 28 heavy (non-hydrogen) atoms. The van der Waals surface area contributed by atoms with Gasteiger partial charge < -0.3 is 15.4 Å². The molecular weight excluding hydrogens is 364 g/mol. The minimum Gasteiger partial charge on any atom is -0.384 e. The number of morpholine rings is 1. The van der Waals surface area contributed by atoms with E-state index in [1.165, 1.54) is 12.4 Å². The quantitative estimate of drug-likeness (QED) is 0.678. The van der Waals surface area contributed by atoms with Crippen molar-refractivity contribution in [2.24, 2.45) is 0 Å². The van der Waals surface area contributed by atoms with E-state index in [4.69, 9.17) is 4.74 Å². The van der Waals surface area contributed by atoms with Gasteiger partial charge in [0.25, 0.3) is 0 Å². The van der Waals surface area contributed by atoms with E-state index in [1.807, 2.05) is 18.2 Å². The van der Waals surface area contributed by atoms with Gasteiger partial charge in [-0.25, -0.2) is 18.7 Å². The van der Waals surface area contributed by atoms with Crippen molar-refractivity contribution in [3.63, 3.8) is 0 Å². The van der Waals surface area contributed by atoms with E-state index in [0.717, 1.165) is 68.1 Å². The summed E-state index contributed by atoms with van der Waals surface area (Å²) in [6, 6.07) is 9.49. The summed E-state index contributed by atoms with van der Waals surface area (Å²) in [4.78, 5) is 10.9. The van der Waals surface area contributed by atoms with Crippen LogP contribution < -0.4 is 10.6 Å². The summed E-state index contributed by atoms with van der Waals surface area (Å²) in [5.74, 6) is -1.26. The maximum absolute atomic E-state index is 13.5. The van der Waals surface area contributed by atoms with E-state index in [2.05, 4.69) is 25.5 Å². The molecule has 4 rings (SSSR count). The maximum Gasteiger partial charge on any atom is 0.160 e. The molecule has 2 heterocycles. The molecule has 0 spiro atoms. The highest BCUT2D eigenvalue weighted by atomic mass is 19.2.